The Balaban J connectivity index is 1.55. The largest absolute Gasteiger partial charge is 0.478 e. The summed E-state index contributed by atoms with van der Waals surface area (Å²) in [6.07, 6.45) is 2.52. The van der Waals surface area contributed by atoms with Crippen molar-refractivity contribution in [2.24, 2.45) is 5.92 Å². The molecule has 3 rings (SSSR count). The van der Waals surface area contributed by atoms with Crippen LogP contribution in [0.4, 0.5) is 0 Å². The van der Waals surface area contributed by atoms with Crippen molar-refractivity contribution in [2.45, 2.75) is 32.5 Å². The van der Waals surface area contributed by atoms with Gasteiger partial charge < -0.3 is 10.4 Å². The third-order valence-electron chi connectivity index (χ3n) is 3.52. The molecule has 1 aliphatic rings. The lowest BCUT2D eigenvalue weighted by molar-refractivity contribution is 0.0696. The second-order valence-electron chi connectivity index (χ2n) is 5.33. The number of nitrogens with zero attached hydrogens (tertiary/aromatic N) is 4. The van der Waals surface area contributed by atoms with Crippen LogP contribution < -0.4 is 5.32 Å². The van der Waals surface area contributed by atoms with Gasteiger partial charge in [0.2, 0.25) is 0 Å². The van der Waals surface area contributed by atoms with Gasteiger partial charge in [0, 0.05) is 13.1 Å². The number of hydrogen-bond donors (Lipinski definition) is 2. The molecule has 0 saturated heterocycles. The van der Waals surface area contributed by atoms with E-state index in [9.17, 15) is 4.79 Å². The summed E-state index contributed by atoms with van der Waals surface area (Å²) in [5.74, 6) is 0.626. The highest BCUT2D eigenvalue weighted by atomic mass is 16.4. The number of hydrogen-bond acceptors (Lipinski definition) is 5. The highest BCUT2D eigenvalue weighted by Crippen LogP contribution is 2.30. The number of carboxylic acid groups (broad SMARTS) is 1. The summed E-state index contributed by atoms with van der Waals surface area (Å²) in [4.78, 5) is 10.9. The number of aromatic nitrogens is 4. The summed E-state index contributed by atoms with van der Waals surface area (Å²) in [5.41, 5.74) is 1.23. The van der Waals surface area contributed by atoms with E-state index in [1.54, 1.807) is 18.2 Å². The lowest BCUT2D eigenvalue weighted by atomic mass is 10.1. The Hall–Kier alpha value is -2.28. The van der Waals surface area contributed by atoms with Crippen LogP contribution in [0, 0.1) is 5.92 Å². The van der Waals surface area contributed by atoms with Gasteiger partial charge in [-0.2, -0.15) is 0 Å². The predicted molar refractivity (Wildman–Crippen MR) is 74.5 cm³/mol. The Kier molecular flexibility index (Phi) is 3.92. The molecule has 0 atom stereocenters. The Labute approximate surface area is 122 Å². The molecule has 0 spiro atoms. The monoisotopic (exact) mass is 287 g/mol. The van der Waals surface area contributed by atoms with Gasteiger partial charge >= 0.3 is 5.97 Å². The van der Waals surface area contributed by atoms with Gasteiger partial charge in [-0.1, -0.05) is 12.1 Å². The van der Waals surface area contributed by atoms with Crippen LogP contribution in [-0.2, 0) is 19.6 Å². The number of benzene rings is 1. The fraction of sp³-hybridized carbons (Fsp3) is 0.429. The summed E-state index contributed by atoms with van der Waals surface area (Å²) in [7, 11) is 0. The molecule has 0 amide bonds. The topological polar surface area (TPSA) is 92.9 Å². The van der Waals surface area contributed by atoms with Crippen molar-refractivity contribution in [1.29, 1.82) is 0 Å². The molecule has 1 aliphatic carbocycles. The van der Waals surface area contributed by atoms with Crippen LogP contribution in [0.25, 0.3) is 0 Å². The molecular formula is C14H17N5O2. The van der Waals surface area contributed by atoms with Crippen LogP contribution in [0.1, 0.15) is 34.6 Å². The van der Waals surface area contributed by atoms with E-state index in [1.165, 1.54) is 12.8 Å². The van der Waals surface area contributed by atoms with E-state index in [4.69, 9.17) is 5.11 Å². The van der Waals surface area contributed by atoms with Gasteiger partial charge in [-0.25, -0.2) is 9.48 Å². The normalized spacial score (nSPS) is 14.3. The van der Waals surface area contributed by atoms with Crippen LogP contribution in [0.5, 0.6) is 0 Å². The predicted octanol–water partition coefficient (Wildman–Crippen LogP) is 1.07. The molecule has 1 aromatic carbocycles. The number of nitrogens with one attached hydrogen (secondary N) is 1. The van der Waals surface area contributed by atoms with E-state index in [-0.39, 0.29) is 0 Å². The molecule has 2 N–H and O–H groups in total. The van der Waals surface area contributed by atoms with E-state index in [0.717, 1.165) is 23.9 Å². The van der Waals surface area contributed by atoms with Crippen molar-refractivity contribution in [1.82, 2.24) is 25.5 Å². The quantitative estimate of drug-likeness (QED) is 0.791. The van der Waals surface area contributed by atoms with Gasteiger partial charge in [0.1, 0.15) is 0 Å². The second kappa shape index (κ2) is 6.01. The third kappa shape index (κ3) is 3.63. The van der Waals surface area contributed by atoms with Crippen LogP contribution >= 0.6 is 0 Å². The van der Waals surface area contributed by atoms with Crippen LogP contribution in [0.15, 0.2) is 24.3 Å². The maximum atomic E-state index is 10.9. The maximum absolute atomic E-state index is 10.9. The molecule has 1 fully saturated rings. The summed E-state index contributed by atoms with van der Waals surface area (Å²) >= 11 is 0. The van der Waals surface area contributed by atoms with Crippen molar-refractivity contribution in [2.75, 3.05) is 0 Å². The average Bonchev–Trinajstić information content (AvgIpc) is 3.19. The first-order chi connectivity index (χ1) is 10.2. The average molecular weight is 287 g/mol. The molecule has 110 valence electrons. The van der Waals surface area contributed by atoms with Gasteiger partial charge in [0.05, 0.1) is 12.1 Å². The summed E-state index contributed by atoms with van der Waals surface area (Å²) in [6.45, 7) is 2.03. The number of carboxylic acids is 1. The summed E-state index contributed by atoms with van der Waals surface area (Å²) in [5, 5.41) is 23.9. The lowest BCUT2D eigenvalue weighted by Gasteiger charge is -2.06. The van der Waals surface area contributed by atoms with E-state index in [2.05, 4.69) is 20.8 Å². The van der Waals surface area contributed by atoms with E-state index in [1.807, 2.05) is 10.7 Å². The molecule has 21 heavy (non-hydrogen) atoms. The molecule has 0 bridgehead atoms. The molecule has 2 aromatic rings. The van der Waals surface area contributed by atoms with Crippen molar-refractivity contribution < 1.29 is 9.90 Å². The molecule has 7 heteroatoms. The van der Waals surface area contributed by atoms with Crippen molar-refractivity contribution in [3.05, 3.63) is 41.2 Å². The molecule has 1 heterocycles. The smallest absolute Gasteiger partial charge is 0.335 e. The molecule has 7 nitrogen and oxygen atoms in total. The Morgan fingerprint density at radius 2 is 2.24 bits per heavy atom. The van der Waals surface area contributed by atoms with E-state index >= 15 is 0 Å². The van der Waals surface area contributed by atoms with Crippen LogP contribution in [0.2, 0.25) is 0 Å². The fourth-order valence-electron chi connectivity index (χ4n) is 2.17. The Morgan fingerprint density at radius 1 is 1.38 bits per heavy atom. The fourth-order valence-corrected chi connectivity index (χ4v) is 2.17. The van der Waals surface area contributed by atoms with Gasteiger partial charge in [-0.15, -0.1) is 5.10 Å². The number of rotatable bonds is 7. The first-order valence-electron chi connectivity index (χ1n) is 7.00. The highest BCUT2D eigenvalue weighted by molar-refractivity contribution is 5.87. The first kappa shape index (κ1) is 13.7. The number of tetrazole rings is 1. The zero-order valence-corrected chi connectivity index (χ0v) is 11.6. The lowest BCUT2D eigenvalue weighted by Crippen LogP contribution is -2.18. The molecular weight excluding hydrogens is 270 g/mol. The van der Waals surface area contributed by atoms with E-state index in [0.29, 0.717) is 18.7 Å². The minimum absolute atomic E-state index is 0.299. The van der Waals surface area contributed by atoms with Crippen LogP contribution in [0.3, 0.4) is 0 Å². The minimum Gasteiger partial charge on any atom is -0.478 e. The standard InChI is InChI=1S/C14H17N5O2/c20-14(21)12-3-1-2-11(6-12)7-15-8-13-16-17-18-19(13)9-10-4-5-10/h1-3,6,10,15H,4-5,7-9H2,(H,20,21). The van der Waals surface area contributed by atoms with Gasteiger partial charge in [-0.3, -0.25) is 0 Å². The Bertz CT molecular complexity index is 636. The molecule has 0 unspecified atom stereocenters. The van der Waals surface area contributed by atoms with Crippen LogP contribution in [-0.4, -0.2) is 31.3 Å². The first-order valence-corrected chi connectivity index (χ1v) is 7.00. The third-order valence-corrected chi connectivity index (χ3v) is 3.52. The molecule has 0 radical (unpaired) electrons. The molecule has 1 saturated carbocycles. The Morgan fingerprint density at radius 3 is 3.00 bits per heavy atom. The number of aromatic carboxylic acids is 1. The van der Waals surface area contributed by atoms with Crippen molar-refractivity contribution in [3.63, 3.8) is 0 Å². The molecule has 0 aliphatic heterocycles. The maximum Gasteiger partial charge on any atom is 0.335 e. The van der Waals surface area contributed by atoms with Gasteiger partial charge in [0.15, 0.2) is 5.82 Å². The number of carbonyl (C=O) groups is 1. The van der Waals surface area contributed by atoms with Crippen molar-refractivity contribution in [3.8, 4) is 0 Å². The zero-order chi connectivity index (χ0) is 14.7. The van der Waals surface area contributed by atoms with E-state index < -0.39 is 5.97 Å². The summed E-state index contributed by atoms with van der Waals surface area (Å²) in [6, 6.07) is 6.90. The molecule has 1 aromatic heterocycles. The highest BCUT2D eigenvalue weighted by Gasteiger charge is 2.23. The zero-order valence-electron chi connectivity index (χ0n) is 11.6. The SMILES string of the molecule is O=C(O)c1cccc(CNCc2nnnn2CC2CC2)c1. The minimum atomic E-state index is -0.912. The van der Waals surface area contributed by atoms with Gasteiger partial charge in [-0.05, 0) is 46.9 Å². The summed E-state index contributed by atoms with van der Waals surface area (Å²) < 4.78 is 1.85. The van der Waals surface area contributed by atoms with Crippen molar-refractivity contribution >= 4 is 5.97 Å². The van der Waals surface area contributed by atoms with Gasteiger partial charge in [0.25, 0.3) is 0 Å². The second-order valence-corrected chi connectivity index (χ2v) is 5.33.